The molecule has 0 spiro atoms. The SMILES string of the molecule is Cc1ccc(S(=O)(=O)N[C@H](CC(C)C)c2ccccc2)cc1[N+](=O)[O-]. The summed E-state index contributed by atoms with van der Waals surface area (Å²) in [4.78, 5) is 10.4. The molecule has 134 valence electrons. The smallest absolute Gasteiger partial charge is 0.258 e. The van der Waals surface area contributed by atoms with Crippen LogP contribution < -0.4 is 4.72 Å². The van der Waals surface area contributed by atoms with Gasteiger partial charge >= 0.3 is 0 Å². The molecule has 0 aromatic heterocycles. The van der Waals surface area contributed by atoms with Gasteiger partial charge in [-0.15, -0.1) is 0 Å². The van der Waals surface area contributed by atoms with Crippen molar-refractivity contribution in [2.45, 2.75) is 38.1 Å². The van der Waals surface area contributed by atoms with E-state index < -0.39 is 21.0 Å². The van der Waals surface area contributed by atoms with E-state index in [1.54, 1.807) is 6.92 Å². The first-order valence-electron chi connectivity index (χ1n) is 8.03. The predicted molar refractivity (Wildman–Crippen MR) is 96.8 cm³/mol. The molecule has 0 aliphatic heterocycles. The standard InChI is InChI=1S/C18H22N2O4S/c1-13(2)11-17(15-7-5-4-6-8-15)19-25(23,24)16-10-9-14(3)18(12-16)20(21)22/h4-10,12-13,17,19H,11H2,1-3H3/t17-/m1/s1. The minimum Gasteiger partial charge on any atom is -0.258 e. The van der Waals surface area contributed by atoms with Gasteiger partial charge in [0.1, 0.15) is 0 Å². The van der Waals surface area contributed by atoms with Crippen LogP contribution >= 0.6 is 0 Å². The Balaban J connectivity index is 2.37. The van der Waals surface area contributed by atoms with Crippen LogP contribution in [-0.2, 0) is 10.0 Å². The van der Waals surface area contributed by atoms with Gasteiger partial charge in [0, 0.05) is 17.7 Å². The predicted octanol–water partition coefficient (Wildman–Crippen LogP) is 3.97. The van der Waals surface area contributed by atoms with Crippen molar-refractivity contribution in [3.8, 4) is 0 Å². The molecule has 6 nitrogen and oxygen atoms in total. The highest BCUT2D eigenvalue weighted by atomic mass is 32.2. The Labute approximate surface area is 148 Å². The number of nitrogens with one attached hydrogen (secondary N) is 1. The van der Waals surface area contributed by atoms with Crippen molar-refractivity contribution < 1.29 is 13.3 Å². The summed E-state index contributed by atoms with van der Waals surface area (Å²) in [6.45, 7) is 5.61. The van der Waals surface area contributed by atoms with Crippen LogP contribution in [0.25, 0.3) is 0 Å². The first-order chi connectivity index (χ1) is 11.7. The minimum atomic E-state index is -3.88. The van der Waals surface area contributed by atoms with Crippen LogP contribution in [0, 0.1) is 23.0 Å². The molecular weight excluding hydrogens is 340 g/mol. The summed E-state index contributed by atoms with van der Waals surface area (Å²) < 4.78 is 28.2. The Morgan fingerprint density at radius 3 is 2.32 bits per heavy atom. The van der Waals surface area contributed by atoms with Crippen LogP contribution in [-0.4, -0.2) is 13.3 Å². The summed E-state index contributed by atoms with van der Waals surface area (Å²) in [7, 11) is -3.88. The second kappa shape index (κ2) is 7.76. The van der Waals surface area contributed by atoms with Crippen LogP contribution in [0.1, 0.15) is 37.4 Å². The molecule has 0 aliphatic carbocycles. The average molecular weight is 362 g/mol. The van der Waals surface area contributed by atoms with E-state index in [-0.39, 0.29) is 16.5 Å². The molecule has 1 atom stereocenters. The fourth-order valence-electron chi connectivity index (χ4n) is 2.62. The summed E-state index contributed by atoms with van der Waals surface area (Å²) in [5, 5.41) is 11.1. The lowest BCUT2D eigenvalue weighted by molar-refractivity contribution is -0.385. The summed E-state index contributed by atoms with van der Waals surface area (Å²) in [5.41, 5.74) is 1.08. The molecule has 0 aliphatic rings. The Morgan fingerprint density at radius 1 is 1.12 bits per heavy atom. The number of hydrogen-bond donors (Lipinski definition) is 1. The van der Waals surface area contributed by atoms with Crippen LogP contribution in [0.4, 0.5) is 5.69 Å². The van der Waals surface area contributed by atoms with Gasteiger partial charge in [0.15, 0.2) is 0 Å². The van der Waals surface area contributed by atoms with Gasteiger partial charge in [-0.2, -0.15) is 0 Å². The third-order valence-corrected chi connectivity index (χ3v) is 5.36. The molecule has 0 saturated heterocycles. The summed E-state index contributed by atoms with van der Waals surface area (Å²) in [6, 6.07) is 12.9. The fourth-order valence-corrected chi connectivity index (χ4v) is 3.87. The molecule has 1 N–H and O–H groups in total. The number of hydrogen-bond acceptors (Lipinski definition) is 4. The lowest BCUT2D eigenvalue weighted by Gasteiger charge is -2.21. The van der Waals surface area contributed by atoms with Gasteiger partial charge in [-0.05, 0) is 30.9 Å². The molecule has 0 saturated carbocycles. The molecule has 25 heavy (non-hydrogen) atoms. The van der Waals surface area contributed by atoms with Crippen LogP contribution in [0.15, 0.2) is 53.4 Å². The molecule has 0 bridgehead atoms. The maximum atomic E-state index is 12.7. The Kier molecular flexibility index (Phi) is 5.92. The van der Waals surface area contributed by atoms with Crippen molar-refractivity contribution in [3.63, 3.8) is 0 Å². The molecular formula is C18H22N2O4S. The third kappa shape index (κ3) is 4.87. The van der Waals surface area contributed by atoms with Gasteiger partial charge in [0.2, 0.25) is 10.0 Å². The second-order valence-electron chi connectivity index (χ2n) is 6.42. The van der Waals surface area contributed by atoms with Gasteiger partial charge in [-0.3, -0.25) is 10.1 Å². The topological polar surface area (TPSA) is 89.3 Å². The van der Waals surface area contributed by atoms with Crippen molar-refractivity contribution in [2.75, 3.05) is 0 Å². The van der Waals surface area contributed by atoms with E-state index in [4.69, 9.17) is 0 Å². The number of nitrogens with zero attached hydrogens (tertiary/aromatic N) is 1. The Bertz CT molecular complexity index is 849. The van der Waals surface area contributed by atoms with E-state index in [9.17, 15) is 18.5 Å². The highest BCUT2D eigenvalue weighted by Gasteiger charge is 2.24. The largest absolute Gasteiger partial charge is 0.273 e. The fraction of sp³-hybridized carbons (Fsp3) is 0.333. The maximum absolute atomic E-state index is 12.7. The monoisotopic (exact) mass is 362 g/mol. The van der Waals surface area contributed by atoms with E-state index in [1.165, 1.54) is 12.1 Å². The molecule has 0 unspecified atom stereocenters. The second-order valence-corrected chi connectivity index (χ2v) is 8.13. The van der Waals surface area contributed by atoms with Crippen molar-refractivity contribution in [3.05, 3.63) is 69.8 Å². The average Bonchev–Trinajstić information content (AvgIpc) is 2.54. The molecule has 0 amide bonds. The van der Waals surface area contributed by atoms with Gasteiger partial charge < -0.3 is 0 Å². The Morgan fingerprint density at radius 2 is 1.76 bits per heavy atom. The summed E-state index contributed by atoms with van der Waals surface area (Å²) in [6.07, 6.45) is 0.622. The number of benzene rings is 2. The first kappa shape index (κ1) is 19.1. The molecule has 0 fully saturated rings. The van der Waals surface area contributed by atoms with Crippen molar-refractivity contribution in [1.29, 1.82) is 0 Å². The first-order valence-corrected chi connectivity index (χ1v) is 9.51. The molecule has 2 rings (SSSR count). The maximum Gasteiger partial charge on any atom is 0.273 e. The van der Waals surface area contributed by atoms with Gasteiger partial charge in [0.25, 0.3) is 5.69 Å². The van der Waals surface area contributed by atoms with E-state index in [0.29, 0.717) is 12.0 Å². The van der Waals surface area contributed by atoms with Crippen LogP contribution in [0.5, 0.6) is 0 Å². The lowest BCUT2D eigenvalue weighted by Crippen LogP contribution is -2.29. The van der Waals surface area contributed by atoms with E-state index in [1.807, 2.05) is 44.2 Å². The van der Waals surface area contributed by atoms with Crippen molar-refractivity contribution in [1.82, 2.24) is 4.72 Å². The number of nitro groups is 1. The molecule has 2 aromatic carbocycles. The number of sulfonamides is 1. The lowest BCUT2D eigenvalue weighted by atomic mass is 9.98. The molecule has 7 heteroatoms. The molecule has 0 heterocycles. The zero-order valence-electron chi connectivity index (χ0n) is 14.5. The van der Waals surface area contributed by atoms with Crippen LogP contribution in [0.3, 0.4) is 0 Å². The zero-order valence-corrected chi connectivity index (χ0v) is 15.3. The van der Waals surface area contributed by atoms with Crippen molar-refractivity contribution in [2.24, 2.45) is 5.92 Å². The van der Waals surface area contributed by atoms with Gasteiger partial charge in [0.05, 0.1) is 9.82 Å². The highest BCUT2D eigenvalue weighted by molar-refractivity contribution is 7.89. The summed E-state index contributed by atoms with van der Waals surface area (Å²) in [5.74, 6) is 0.278. The molecule has 0 radical (unpaired) electrons. The Hall–Kier alpha value is -2.25. The van der Waals surface area contributed by atoms with Gasteiger partial charge in [-0.1, -0.05) is 50.2 Å². The number of nitro benzene ring substituents is 1. The van der Waals surface area contributed by atoms with Gasteiger partial charge in [-0.25, -0.2) is 13.1 Å². The van der Waals surface area contributed by atoms with E-state index in [2.05, 4.69) is 4.72 Å². The zero-order chi connectivity index (χ0) is 18.6. The summed E-state index contributed by atoms with van der Waals surface area (Å²) >= 11 is 0. The van der Waals surface area contributed by atoms with Crippen LogP contribution in [0.2, 0.25) is 0 Å². The quantitative estimate of drug-likeness (QED) is 0.596. The highest BCUT2D eigenvalue weighted by Crippen LogP contribution is 2.26. The minimum absolute atomic E-state index is 0.102. The number of aryl methyl sites for hydroxylation is 1. The van der Waals surface area contributed by atoms with E-state index in [0.717, 1.165) is 11.6 Å². The molecule has 2 aromatic rings. The van der Waals surface area contributed by atoms with E-state index >= 15 is 0 Å². The van der Waals surface area contributed by atoms with Crippen molar-refractivity contribution >= 4 is 15.7 Å². The number of rotatable bonds is 7. The normalized spacial score (nSPS) is 13.0. The third-order valence-electron chi connectivity index (χ3n) is 3.89.